The van der Waals surface area contributed by atoms with Crippen molar-refractivity contribution >= 4 is 61.7 Å². The molecule has 0 atom stereocenters. The zero-order valence-electron chi connectivity index (χ0n) is 21.0. The van der Waals surface area contributed by atoms with Crippen molar-refractivity contribution in [2.75, 3.05) is 43.6 Å². The van der Waals surface area contributed by atoms with Gasteiger partial charge in [-0.05, 0) is 12.1 Å². The molecule has 1 fully saturated rings. The smallest absolute Gasteiger partial charge is 0.363 e. The summed E-state index contributed by atoms with van der Waals surface area (Å²) in [5.41, 5.74) is 2.34. The van der Waals surface area contributed by atoms with E-state index in [1.807, 2.05) is 19.9 Å². The molecule has 2 aromatic heterocycles. The summed E-state index contributed by atoms with van der Waals surface area (Å²) in [7, 11) is -2.99. The third kappa shape index (κ3) is 5.67. The Labute approximate surface area is 231 Å². The largest absolute Gasteiger partial charge is 0.494 e. The molecular formula is C25H27Cl2N5O5S. The fourth-order valence-electron chi connectivity index (χ4n) is 4.12. The third-order valence-electron chi connectivity index (χ3n) is 5.79. The quantitative estimate of drug-likeness (QED) is 0.278. The molecule has 1 saturated heterocycles. The lowest BCUT2D eigenvalue weighted by molar-refractivity contribution is 0.122. The van der Waals surface area contributed by atoms with Crippen LogP contribution in [0.25, 0.3) is 22.2 Å². The first-order chi connectivity index (χ1) is 18.3. The van der Waals surface area contributed by atoms with Gasteiger partial charge in [0.15, 0.2) is 0 Å². The van der Waals surface area contributed by atoms with Crippen LogP contribution in [0.15, 0.2) is 48.8 Å². The minimum atomic E-state index is -4.54. The van der Waals surface area contributed by atoms with Crippen LogP contribution in [0.1, 0.15) is 13.8 Å². The zero-order chi connectivity index (χ0) is 27.4. The van der Waals surface area contributed by atoms with Crippen molar-refractivity contribution in [1.82, 2.24) is 13.9 Å². The lowest BCUT2D eigenvalue weighted by Gasteiger charge is -2.30. The monoisotopic (exact) mass is 579 g/mol. The second-order valence-corrected chi connectivity index (χ2v) is 10.1. The van der Waals surface area contributed by atoms with Crippen molar-refractivity contribution in [3.8, 4) is 17.0 Å². The molecule has 13 heteroatoms. The lowest BCUT2D eigenvalue weighted by Crippen LogP contribution is -2.36. The molecule has 0 amide bonds. The van der Waals surface area contributed by atoms with Crippen molar-refractivity contribution < 1.29 is 22.4 Å². The molecule has 202 valence electrons. The van der Waals surface area contributed by atoms with E-state index in [0.717, 1.165) is 22.7 Å². The Bertz CT molecular complexity index is 1560. The minimum absolute atomic E-state index is 0.187. The standard InChI is InChI=1S/C23H21Cl2N5O5S.C2H6/c1-34-21-11-20(29-6-8-35-9-7-29)16(24)10-18(21)27-23-26-12-17(25)22(28-23)15-13-30(36(31,32)33)19-5-3-2-4-14(15)19;1-2/h2-5,10-13H,6-9H2,1H3,(H,26,27,28)(H,31,32,33);1-2H3. The molecule has 0 bridgehead atoms. The first kappa shape index (κ1) is 27.9. The molecule has 0 unspecified atom stereocenters. The molecule has 0 saturated carbocycles. The summed E-state index contributed by atoms with van der Waals surface area (Å²) in [6, 6.07) is 10.3. The number of halogens is 2. The van der Waals surface area contributed by atoms with Crippen LogP contribution in [0.3, 0.4) is 0 Å². The number of hydrogen-bond donors (Lipinski definition) is 2. The summed E-state index contributed by atoms with van der Waals surface area (Å²) in [4.78, 5) is 10.9. The maximum Gasteiger partial charge on any atom is 0.363 e. The lowest BCUT2D eigenvalue weighted by atomic mass is 10.1. The number of rotatable bonds is 6. The Morgan fingerprint density at radius 2 is 1.82 bits per heavy atom. The highest BCUT2D eigenvalue weighted by atomic mass is 35.5. The van der Waals surface area contributed by atoms with E-state index in [9.17, 15) is 13.0 Å². The van der Waals surface area contributed by atoms with E-state index in [0.29, 0.717) is 40.6 Å². The zero-order valence-corrected chi connectivity index (χ0v) is 23.3. The highest BCUT2D eigenvalue weighted by Gasteiger charge is 2.21. The SMILES string of the molecule is CC.COc1cc(N2CCOCC2)c(Cl)cc1Nc1ncc(Cl)c(-c2cn(S(=O)(=O)O)c3ccccc23)n1. The fourth-order valence-corrected chi connectivity index (χ4v) is 5.24. The Kier molecular flexibility index (Phi) is 8.64. The average molecular weight is 580 g/mol. The number of ether oxygens (including phenoxy) is 2. The first-order valence-electron chi connectivity index (χ1n) is 11.8. The van der Waals surface area contributed by atoms with Gasteiger partial charge < -0.3 is 19.7 Å². The summed E-state index contributed by atoms with van der Waals surface area (Å²) in [5, 5.41) is 4.37. The number of para-hydroxylation sites is 1. The molecule has 4 aromatic rings. The number of methoxy groups -OCH3 is 1. The van der Waals surface area contributed by atoms with Crippen molar-refractivity contribution in [1.29, 1.82) is 0 Å². The van der Waals surface area contributed by atoms with Gasteiger partial charge in [0.2, 0.25) is 5.95 Å². The van der Waals surface area contributed by atoms with Crippen LogP contribution in [0, 0.1) is 0 Å². The molecule has 1 aliphatic rings. The van der Waals surface area contributed by atoms with Gasteiger partial charge in [0.1, 0.15) is 5.75 Å². The van der Waals surface area contributed by atoms with Gasteiger partial charge in [-0.25, -0.2) is 13.9 Å². The molecule has 5 rings (SSSR count). The predicted octanol–water partition coefficient (Wildman–Crippen LogP) is 5.67. The van der Waals surface area contributed by atoms with Gasteiger partial charge >= 0.3 is 10.3 Å². The maximum absolute atomic E-state index is 11.9. The summed E-state index contributed by atoms with van der Waals surface area (Å²) in [5.74, 6) is 0.718. The number of fused-ring (bicyclic) bond motifs is 1. The molecule has 10 nitrogen and oxygen atoms in total. The van der Waals surface area contributed by atoms with E-state index in [1.165, 1.54) is 12.4 Å². The Morgan fingerprint density at radius 1 is 1.11 bits per heavy atom. The van der Waals surface area contributed by atoms with E-state index in [4.69, 9.17) is 32.7 Å². The molecule has 1 aliphatic heterocycles. The number of morpholine rings is 1. The van der Waals surface area contributed by atoms with Crippen LogP contribution >= 0.6 is 23.2 Å². The topological polar surface area (TPSA) is 119 Å². The molecule has 38 heavy (non-hydrogen) atoms. The number of benzene rings is 2. The number of aromatic nitrogens is 3. The van der Waals surface area contributed by atoms with Crippen molar-refractivity contribution in [3.63, 3.8) is 0 Å². The van der Waals surface area contributed by atoms with Crippen molar-refractivity contribution in [3.05, 3.63) is 58.8 Å². The van der Waals surface area contributed by atoms with Crippen LogP contribution < -0.4 is 15.0 Å². The molecule has 2 aromatic carbocycles. The summed E-state index contributed by atoms with van der Waals surface area (Å²) < 4.78 is 45.3. The number of nitrogens with zero attached hydrogens (tertiary/aromatic N) is 4. The van der Waals surface area contributed by atoms with Gasteiger partial charge in [-0.3, -0.25) is 4.55 Å². The second kappa shape index (κ2) is 11.7. The Balaban J connectivity index is 0.00000164. The van der Waals surface area contributed by atoms with Crippen LogP contribution in [-0.4, -0.2) is 60.3 Å². The number of anilines is 3. The van der Waals surface area contributed by atoms with E-state index >= 15 is 0 Å². The average Bonchev–Trinajstić information content (AvgIpc) is 3.32. The van der Waals surface area contributed by atoms with Gasteiger partial charge in [0.25, 0.3) is 0 Å². The van der Waals surface area contributed by atoms with Gasteiger partial charge in [-0.1, -0.05) is 55.2 Å². The third-order valence-corrected chi connectivity index (χ3v) is 7.17. The highest BCUT2D eigenvalue weighted by molar-refractivity contribution is 7.84. The fraction of sp³-hybridized carbons (Fsp3) is 0.280. The van der Waals surface area contributed by atoms with Crippen LogP contribution in [0.5, 0.6) is 5.75 Å². The number of hydrogen-bond acceptors (Lipinski definition) is 8. The van der Waals surface area contributed by atoms with Crippen LogP contribution in [0.2, 0.25) is 10.0 Å². The second-order valence-electron chi connectivity index (χ2n) is 7.95. The summed E-state index contributed by atoms with van der Waals surface area (Å²) in [6.07, 6.45) is 2.68. The Hall–Kier alpha value is -3.09. The van der Waals surface area contributed by atoms with E-state index in [-0.39, 0.29) is 22.2 Å². The minimum Gasteiger partial charge on any atom is -0.494 e. The van der Waals surface area contributed by atoms with Gasteiger partial charge in [0, 0.05) is 36.3 Å². The molecule has 0 radical (unpaired) electrons. The molecule has 2 N–H and O–H groups in total. The number of nitrogens with one attached hydrogen (secondary N) is 1. The molecular weight excluding hydrogens is 553 g/mol. The van der Waals surface area contributed by atoms with E-state index in [1.54, 1.807) is 37.4 Å². The van der Waals surface area contributed by atoms with Crippen LogP contribution in [-0.2, 0) is 15.0 Å². The van der Waals surface area contributed by atoms with Gasteiger partial charge in [-0.2, -0.15) is 8.42 Å². The van der Waals surface area contributed by atoms with Crippen LogP contribution in [0.4, 0.5) is 17.3 Å². The van der Waals surface area contributed by atoms with Crippen molar-refractivity contribution in [2.24, 2.45) is 0 Å². The summed E-state index contributed by atoms with van der Waals surface area (Å²) >= 11 is 13.0. The predicted molar refractivity (Wildman–Crippen MR) is 151 cm³/mol. The maximum atomic E-state index is 11.9. The summed E-state index contributed by atoms with van der Waals surface area (Å²) in [6.45, 7) is 6.68. The molecule has 3 heterocycles. The van der Waals surface area contributed by atoms with Gasteiger partial charge in [0.05, 0.1) is 59.2 Å². The van der Waals surface area contributed by atoms with E-state index < -0.39 is 10.3 Å². The van der Waals surface area contributed by atoms with Crippen molar-refractivity contribution in [2.45, 2.75) is 13.8 Å². The molecule has 0 spiro atoms. The normalized spacial score (nSPS) is 13.7. The Morgan fingerprint density at radius 3 is 2.50 bits per heavy atom. The highest BCUT2D eigenvalue weighted by Crippen LogP contribution is 2.39. The van der Waals surface area contributed by atoms with Gasteiger partial charge in [-0.15, -0.1) is 0 Å². The first-order valence-corrected chi connectivity index (χ1v) is 14.0. The van der Waals surface area contributed by atoms with E-state index in [2.05, 4.69) is 20.2 Å². The molecule has 0 aliphatic carbocycles.